The van der Waals surface area contributed by atoms with E-state index in [1.165, 1.54) is 6.07 Å². The quantitative estimate of drug-likeness (QED) is 0.657. The molecule has 6 heteroatoms. The van der Waals surface area contributed by atoms with Gasteiger partial charge in [0, 0.05) is 44.8 Å². The molecule has 0 bridgehead atoms. The summed E-state index contributed by atoms with van der Waals surface area (Å²) in [6, 6.07) is 4.20. The van der Waals surface area contributed by atoms with Crippen LogP contribution in [0.5, 0.6) is 0 Å². The number of hydrogen-bond acceptors (Lipinski definition) is 3. The molecule has 0 saturated carbocycles. The highest BCUT2D eigenvalue weighted by atomic mass is 28.3. The highest BCUT2D eigenvalue weighted by Crippen LogP contribution is 2.13. The topological polar surface area (TPSA) is 59.9 Å². The fourth-order valence-electron chi connectivity index (χ4n) is 1.72. The van der Waals surface area contributed by atoms with Crippen molar-refractivity contribution in [3.8, 4) is 11.3 Å². The number of hydrogen-bond donors (Lipinski definition) is 1. The molecule has 20 heavy (non-hydrogen) atoms. The summed E-state index contributed by atoms with van der Waals surface area (Å²) in [5.41, 5.74) is 1.64. The Labute approximate surface area is 119 Å². The highest BCUT2D eigenvalue weighted by Gasteiger charge is 2.12. The number of nitrogens with zero attached hydrogens (tertiary/aromatic N) is 2. The van der Waals surface area contributed by atoms with Gasteiger partial charge in [0.25, 0.3) is 0 Å². The largest absolute Gasteiger partial charge is 0.361 e. The summed E-state index contributed by atoms with van der Waals surface area (Å²) < 4.78 is 7.37. The predicted octanol–water partition coefficient (Wildman–Crippen LogP) is 2.55. The van der Waals surface area contributed by atoms with E-state index in [-0.39, 0.29) is 5.43 Å². The summed E-state index contributed by atoms with van der Waals surface area (Å²) in [4.78, 5) is 14.3. The van der Waals surface area contributed by atoms with Gasteiger partial charge in [0.1, 0.15) is 6.73 Å². The molecule has 0 aromatic carbocycles. The fourth-order valence-corrected chi connectivity index (χ4v) is 2.48. The minimum absolute atomic E-state index is 0.0158. The molecule has 2 aromatic heterocycles. The molecular weight excluding hydrogens is 270 g/mol. The van der Waals surface area contributed by atoms with Crippen LogP contribution in [0.1, 0.15) is 0 Å². The number of aromatic amines is 1. The van der Waals surface area contributed by atoms with Gasteiger partial charge in [-0.25, -0.2) is 4.68 Å². The molecule has 0 unspecified atom stereocenters. The number of pyridine rings is 1. The standard InChI is InChI=1S/C14H21N3O2Si/c1-20(2,3)7-6-19-11-17-10-12(9-16-17)14-8-13(18)4-5-15-14/h4-5,8-10H,6-7,11H2,1-3H3,(H,15,18). The lowest BCUT2D eigenvalue weighted by atomic mass is 10.2. The Morgan fingerprint density at radius 1 is 1.40 bits per heavy atom. The number of rotatable bonds is 6. The van der Waals surface area contributed by atoms with Gasteiger partial charge in [-0.2, -0.15) is 5.10 Å². The summed E-state index contributed by atoms with van der Waals surface area (Å²) in [6.07, 6.45) is 5.24. The van der Waals surface area contributed by atoms with Crippen molar-refractivity contribution in [3.63, 3.8) is 0 Å². The summed E-state index contributed by atoms with van der Waals surface area (Å²) >= 11 is 0. The fraction of sp³-hybridized carbons (Fsp3) is 0.429. The minimum atomic E-state index is -1.04. The highest BCUT2D eigenvalue weighted by molar-refractivity contribution is 6.76. The molecule has 0 fully saturated rings. The zero-order chi connectivity index (χ0) is 14.6. The van der Waals surface area contributed by atoms with Gasteiger partial charge in [0.05, 0.1) is 11.9 Å². The lowest BCUT2D eigenvalue weighted by Gasteiger charge is -2.15. The van der Waals surface area contributed by atoms with Crippen molar-refractivity contribution >= 4 is 8.07 Å². The van der Waals surface area contributed by atoms with Gasteiger partial charge in [0.15, 0.2) is 5.43 Å². The molecule has 0 aliphatic carbocycles. The normalized spacial score (nSPS) is 11.8. The molecule has 1 N–H and O–H groups in total. The van der Waals surface area contributed by atoms with Crippen LogP contribution in [-0.4, -0.2) is 29.4 Å². The van der Waals surface area contributed by atoms with Crippen LogP contribution in [0, 0.1) is 0 Å². The van der Waals surface area contributed by atoms with E-state index in [4.69, 9.17) is 4.74 Å². The van der Waals surface area contributed by atoms with E-state index >= 15 is 0 Å². The SMILES string of the molecule is C[Si](C)(C)CCOCn1cc(-c2cc(=O)cc[nH]2)cn1. The van der Waals surface area contributed by atoms with Crippen LogP contribution in [0.25, 0.3) is 11.3 Å². The van der Waals surface area contributed by atoms with Crippen LogP contribution in [-0.2, 0) is 11.5 Å². The second kappa shape index (κ2) is 6.19. The zero-order valence-corrected chi connectivity index (χ0v) is 13.2. The Morgan fingerprint density at radius 3 is 2.90 bits per heavy atom. The first-order valence-electron chi connectivity index (χ1n) is 6.73. The Kier molecular flexibility index (Phi) is 4.56. The first-order valence-corrected chi connectivity index (χ1v) is 10.4. The first-order chi connectivity index (χ1) is 9.44. The van der Waals surface area contributed by atoms with Gasteiger partial charge in [0.2, 0.25) is 0 Å². The molecule has 2 heterocycles. The maximum atomic E-state index is 11.3. The molecule has 0 aliphatic rings. The van der Waals surface area contributed by atoms with E-state index in [9.17, 15) is 4.79 Å². The van der Waals surface area contributed by atoms with E-state index in [0.717, 1.165) is 23.9 Å². The van der Waals surface area contributed by atoms with E-state index in [1.807, 2.05) is 6.20 Å². The Balaban J connectivity index is 1.91. The number of ether oxygens (including phenoxy) is 1. The van der Waals surface area contributed by atoms with Crippen LogP contribution < -0.4 is 5.43 Å². The van der Waals surface area contributed by atoms with Crippen LogP contribution in [0.15, 0.2) is 35.5 Å². The first kappa shape index (κ1) is 14.7. The third kappa shape index (κ3) is 4.46. The van der Waals surface area contributed by atoms with Crippen molar-refractivity contribution in [3.05, 3.63) is 40.9 Å². The van der Waals surface area contributed by atoms with E-state index in [0.29, 0.717) is 6.73 Å². The van der Waals surface area contributed by atoms with Crippen molar-refractivity contribution in [2.75, 3.05) is 6.61 Å². The van der Waals surface area contributed by atoms with Gasteiger partial charge in [-0.1, -0.05) is 19.6 Å². The van der Waals surface area contributed by atoms with Gasteiger partial charge >= 0.3 is 0 Å². The van der Waals surface area contributed by atoms with Crippen molar-refractivity contribution in [1.82, 2.24) is 14.8 Å². The molecule has 0 saturated heterocycles. The summed E-state index contributed by atoms with van der Waals surface area (Å²) in [5, 5.41) is 4.24. The van der Waals surface area contributed by atoms with Crippen LogP contribution in [0.4, 0.5) is 0 Å². The lowest BCUT2D eigenvalue weighted by Crippen LogP contribution is -2.22. The van der Waals surface area contributed by atoms with Gasteiger partial charge in [-0.05, 0) is 6.04 Å². The molecule has 0 aliphatic heterocycles. The maximum Gasteiger partial charge on any atom is 0.182 e. The van der Waals surface area contributed by atoms with Crippen molar-refractivity contribution in [1.29, 1.82) is 0 Å². The summed E-state index contributed by atoms with van der Waals surface area (Å²) in [7, 11) is -1.04. The molecule has 0 spiro atoms. The third-order valence-corrected chi connectivity index (χ3v) is 4.64. The average Bonchev–Trinajstić information content (AvgIpc) is 2.82. The molecular formula is C14H21N3O2Si. The third-order valence-electron chi connectivity index (χ3n) is 2.94. The van der Waals surface area contributed by atoms with Crippen LogP contribution in [0.3, 0.4) is 0 Å². The molecule has 0 atom stereocenters. The second-order valence-corrected chi connectivity index (χ2v) is 11.7. The van der Waals surface area contributed by atoms with E-state index in [2.05, 4.69) is 29.7 Å². The molecule has 0 radical (unpaired) electrons. The molecule has 2 aromatic rings. The monoisotopic (exact) mass is 291 g/mol. The Morgan fingerprint density at radius 2 is 2.20 bits per heavy atom. The lowest BCUT2D eigenvalue weighted by molar-refractivity contribution is 0.0786. The van der Waals surface area contributed by atoms with Gasteiger partial charge in [-0.15, -0.1) is 0 Å². The maximum absolute atomic E-state index is 11.3. The summed E-state index contributed by atoms with van der Waals surface area (Å²) in [6.45, 7) is 8.20. The molecule has 0 amide bonds. The molecule has 108 valence electrons. The smallest absolute Gasteiger partial charge is 0.182 e. The number of nitrogens with one attached hydrogen (secondary N) is 1. The number of H-pyrrole nitrogens is 1. The predicted molar refractivity (Wildman–Crippen MR) is 82.4 cm³/mol. The second-order valence-electron chi connectivity index (χ2n) is 6.05. The zero-order valence-electron chi connectivity index (χ0n) is 12.2. The van der Waals surface area contributed by atoms with E-state index in [1.54, 1.807) is 23.1 Å². The van der Waals surface area contributed by atoms with Crippen LogP contribution >= 0.6 is 0 Å². The summed E-state index contributed by atoms with van der Waals surface area (Å²) in [5.74, 6) is 0. The van der Waals surface area contributed by atoms with Gasteiger partial charge in [-0.3, -0.25) is 4.79 Å². The molecule has 5 nitrogen and oxygen atoms in total. The minimum Gasteiger partial charge on any atom is -0.361 e. The number of aromatic nitrogens is 3. The van der Waals surface area contributed by atoms with Gasteiger partial charge < -0.3 is 9.72 Å². The van der Waals surface area contributed by atoms with Crippen molar-refractivity contribution < 1.29 is 4.74 Å². The van der Waals surface area contributed by atoms with Crippen molar-refractivity contribution in [2.45, 2.75) is 32.4 Å². The van der Waals surface area contributed by atoms with Crippen LogP contribution in [0.2, 0.25) is 25.7 Å². The van der Waals surface area contributed by atoms with E-state index < -0.39 is 8.07 Å². The van der Waals surface area contributed by atoms with Crippen molar-refractivity contribution in [2.24, 2.45) is 0 Å². The Hall–Kier alpha value is -1.66. The average molecular weight is 291 g/mol. The molecule has 2 rings (SSSR count). The Bertz CT molecular complexity index is 613.